The summed E-state index contributed by atoms with van der Waals surface area (Å²) in [4.78, 5) is 17.8. The fourth-order valence-corrected chi connectivity index (χ4v) is 8.87. The Balaban J connectivity index is 0.000000199. The number of aromatic nitrogens is 5. The Hall–Kier alpha value is -8.16. The molecule has 0 aliphatic rings. The second-order valence-corrected chi connectivity index (χ2v) is 17.8. The van der Waals surface area contributed by atoms with Crippen molar-refractivity contribution in [2.75, 3.05) is 0 Å². The molecule has 0 unspecified atom stereocenters. The Kier molecular flexibility index (Phi) is 15.1. The van der Waals surface area contributed by atoms with E-state index >= 15 is 0 Å². The molecule has 5 heterocycles. The molecule has 12 aromatic rings. The second kappa shape index (κ2) is 22.3. The quantitative estimate of drug-likeness (QED) is 0.142. The van der Waals surface area contributed by atoms with E-state index in [9.17, 15) is 4.39 Å². The Morgan fingerprint density at radius 3 is 1.65 bits per heavy atom. The van der Waals surface area contributed by atoms with Gasteiger partial charge in [0, 0.05) is 55.6 Å². The molecule has 0 aliphatic carbocycles. The third kappa shape index (κ3) is 10.5. The number of hydrogen-bond donors (Lipinski definition) is 0. The Bertz CT molecular complexity index is 3630. The summed E-state index contributed by atoms with van der Waals surface area (Å²) in [5, 5.41) is 2.15. The number of hydrogen-bond acceptors (Lipinski definition) is 5. The number of para-hydroxylation sites is 2. The van der Waals surface area contributed by atoms with Crippen molar-refractivity contribution < 1.29 is 28.9 Å². The minimum atomic E-state index is -0.278. The minimum absolute atomic E-state index is 0. The Morgan fingerprint density at radius 2 is 1.08 bits per heavy atom. The van der Waals surface area contributed by atoms with Crippen LogP contribution in [0.5, 0.6) is 0 Å². The maximum atomic E-state index is 12.6. The molecule has 12 rings (SSSR count). The first-order chi connectivity index (χ1) is 34.8. The predicted octanol–water partition coefficient (Wildman–Crippen LogP) is 16.8. The largest absolute Gasteiger partial charge is 0.501 e. The number of benzene rings is 7. The molecule has 72 heavy (non-hydrogen) atoms. The van der Waals surface area contributed by atoms with Crippen LogP contribution in [0, 0.1) is 17.9 Å². The van der Waals surface area contributed by atoms with E-state index in [1.165, 1.54) is 45.6 Å². The number of fused-ring (bicyclic) bond motifs is 4. The van der Waals surface area contributed by atoms with Crippen LogP contribution >= 0.6 is 0 Å². The van der Waals surface area contributed by atoms with Gasteiger partial charge in [0.1, 0.15) is 5.58 Å². The van der Waals surface area contributed by atoms with Gasteiger partial charge in [-0.25, -0.2) is 0 Å². The summed E-state index contributed by atoms with van der Waals surface area (Å²) < 4.78 is 21.6. The fourth-order valence-electron chi connectivity index (χ4n) is 8.87. The molecule has 0 fully saturated rings. The van der Waals surface area contributed by atoms with Gasteiger partial charge in [-0.1, -0.05) is 148 Å². The molecule has 5 aromatic heterocycles. The number of pyridine rings is 3. The van der Waals surface area contributed by atoms with Crippen LogP contribution in [0.4, 0.5) is 4.39 Å². The van der Waals surface area contributed by atoms with Crippen LogP contribution in [-0.4, -0.2) is 24.5 Å². The van der Waals surface area contributed by atoms with Crippen LogP contribution in [-0.2, 0) is 20.1 Å². The summed E-state index contributed by atoms with van der Waals surface area (Å²) in [6, 6.07) is 72.9. The summed E-state index contributed by atoms with van der Waals surface area (Å²) in [6.07, 6.45) is 5.24. The van der Waals surface area contributed by atoms with Gasteiger partial charge in [-0.2, -0.15) is 0 Å². The van der Waals surface area contributed by atoms with Gasteiger partial charge in [-0.15, -0.1) is 48.0 Å². The first-order valence-electron chi connectivity index (χ1n) is 23.9. The average molecular weight is 1120 g/mol. The molecule has 0 saturated heterocycles. The molecule has 0 atom stereocenters. The summed E-state index contributed by atoms with van der Waals surface area (Å²) in [5.74, 6) is 1.13. The summed E-state index contributed by atoms with van der Waals surface area (Å²) in [7, 11) is 0. The summed E-state index contributed by atoms with van der Waals surface area (Å²) in [6.45, 7) is 9.14. The van der Waals surface area contributed by atoms with Crippen LogP contribution in [0.1, 0.15) is 50.7 Å². The van der Waals surface area contributed by atoms with Crippen LogP contribution in [0.25, 0.3) is 94.9 Å². The van der Waals surface area contributed by atoms with Crippen molar-refractivity contribution in [2.45, 2.75) is 39.5 Å². The molecule has 0 saturated carbocycles. The SMILES string of the molecule is CC(C)c1cc(-c2ccccc2)cc(C(C)C)c1-n1c(-c2[c-]ccc3c2oc2cc(-c4ccccc4)ccc23)nc2ccccc21.Fc1c[c-]c(-c2ccccn2)cc1.[Ir].c1ccc(-c2ccccn2)nc1. The summed E-state index contributed by atoms with van der Waals surface area (Å²) >= 11 is 0. The molecule has 8 heteroatoms. The zero-order chi connectivity index (χ0) is 48.7. The molecule has 0 N–H and O–H groups in total. The van der Waals surface area contributed by atoms with Gasteiger partial charge in [-0.05, 0) is 112 Å². The Labute approximate surface area is 433 Å². The van der Waals surface area contributed by atoms with Gasteiger partial charge in [-0.3, -0.25) is 19.3 Å². The molecular weight excluding hydrogens is 1070 g/mol. The van der Waals surface area contributed by atoms with Crippen LogP contribution in [0.15, 0.2) is 223 Å². The normalized spacial score (nSPS) is 11.0. The molecular formula is C64H50FIrN5O-2. The molecule has 0 spiro atoms. The van der Waals surface area contributed by atoms with Gasteiger partial charge >= 0.3 is 0 Å². The number of halogens is 1. The molecule has 6 nitrogen and oxygen atoms in total. The van der Waals surface area contributed by atoms with E-state index in [1.807, 2.05) is 66.7 Å². The molecule has 7 aromatic carbocycles. The standard InChI is InChI=1S/C43H35N2O.C11H7FN.C10H8N2.Ir/c1-27(2)36-24-32(30-16-9-6-10-17-30)25-37(28(3)4)41(36)45-39-21-12-11-20-38(39)44-43(45)35-19-13-18-34-33-23-22-31(26-40(33)46-42(34)35)29-14-7-5-8-15-29;12-10-6-4-9(5-7-10)11-3-1-2-8-13-11;1-3-7-11-9(5-1)10-6-2-4-8-12-10;/h5-18,20-28H,1-4H3;1-4,6-8H;1-8H;/q2*-1;;. The predicted molar refractivity (Wildman–Crippen MR) is 288 cm³/mol. The van der Waals surface area contributed by atoms with Crippen LogP contribution in [0.3, 0.4) is 0 Å². The van der Waals surface area contributed by atoms with E-state index in [0.717, 1.165) is 72.6 Å². The smallest absolute Gasteiger partial charge is 0.121 e. The minimum Gasteiger partial charge on any atom is -0.501 e. The van der Waals surface area contributed by atoms with Crippen molar-refractivity contribution in [3.05, 3.63) is 248 Å². The van der Waals surface area contributed by atoms with E-state index in [1.54, 1.807) is 24.7 Å². The van der Waals surface area contributed by atoms with Crippen molar-refractivity contribution in [3.8, 4) is 62.0 Å². The van der Waals surface area contributed by atoms with Crippen molar-refractivity contribution in [3.63, 3.8) is 0 Å². The zero-order valence-corrected chi connectivity index (χ0v) is 42.7. The summed E-state index contributed by atoms with van der Waals surface area (Å²) in [5.41, 5.74) is 16.5. The van der Waals surface area contributed by atoms with E-state index in [-0.39, 0.29) is 37.8 Å². The third-order valence-electron chi connectivity index (χ3n) is 12.4. The molecule has 0 aliphatic heterocycles. The third-order valence-corrected chi connectivity index (χ3v) is 12.4. The van der Waals surface area contributed by atoms with E-state index in [2.05, 4.69) is 175 Å². The van der Waals surface area contributed by atoms with Crippen molar-refractivity contribution in [1.29, 1.82) is 0 Å². The van der Waals surface area contributed by atoms with Crippen molar-refractivity contribution in [1.82, 2.24) is 24.5 Å². The van der Waals surface area contributed by atoms with E-state index < -0.39 is 0 Å². The molecule has 1 radical (unpaired) electrons. The number of rotatable bonds is 8. The monoisotopic (exact) mass is 1120 g/mol. The number of imidazole rings is 1. The van der Waals surface area contributed by atoms with Gasteiger partial charge in [0.25, 0.3) is 0 Å². The zero-order valence-electron chi connectivity index (χ0n) is 40.3. The van der Waals surface area contributed by atoms with Gasteiger partial charge in [0.05, 0.1) is 33.8 Å². The maximum Gasteiger partial charge on any atom is 0.121 e. The van der Waals surface area contributed by atoms with Crippen molar-refractivity contribution in [2.24, 2.45) is 0 Å². The first-order valence-corrected chi connectivity index (χ1v) is 23.9. The van der Waals surface area contributed by atoms with E-state index in [0.29, 0.717) is 0 Å². The number of furan rings is 1. The first kappa shape index (κ1) is 48.8. The molecule has 0 amide bonds. The van der Waals surface area contributed by atoms with Crippen molar-refractivity contribution >= 4 is 33.0 Å². The van der Waals surface area contributed by atoms with Gasteiger partial charge in [0.2, 0.25) is 0 Å². The Morgan fingerprint density at radius 1 is 0.514 bits per heavy atom. The molecule has 0 bridgehead atoms. The fraction of sp³-hybridized carbons (Fsp3) is 0.0938. The maximum absolute atomic E-state index is 12.6. The molecule has 355 valence electrons. The number of nitrogens with zero attached hydrogens (tertiary/aromatic N) is 5. The topological polar surface area (TPSA) is 69.6 Å². The second-order valence-electron chi connectivity index (χ2n) is 17.8. The van der Waals surface area contributed by atoms with Crippen LogP contribution in [0.2, 0.25) is 0 Å². The van der Waals surface area contributed by atoms with E-state index in [4.69, 9.17) is 9.40 Å². The van der Waals surface area contributed by atoms with Crippen LogP contribution < -0.4 is 0 Å². The average Bonchev–Trinajstić information content (AvgIpc) is 4.01. The van der Waals surface area contributed by atoms with Gasteiger partial charge in [0.15, 0.2) is 0 Å². The van der Waals surface area contributed by atoms with Gasteiger partial charge < -0.3 is 14.0 Å².